The summed E-state index contributed by atoms with van der Waals surface area (Å²) in [5.41, 5.74) is 11.2. The van der Waals surface area contributed by atoms with Gasteiger partial charge in [0, 0.05) is 29.6 Å². The zero-order chi connectivity index (χ0) is 14.8. The lowest BCUT2D eigenvalue weighted by atomic mass is 10.2. The van der Waals surface area contributed by atoms with Gasteiger partial charge in [-0.05, 0) is 26.0 Å². The average Bonchev–Trinajstić information content (AvgIpc) is 3.06. The normalized spacial score (nSPS) is 11.0. The van der Waals surface area contributed by atoms with Crippen molar-refractivity contribution in [1.29, 1.82) is 0 Å². The van der Waals surface area contributed by atoms with Gasteiger partial charge in [-0.2, -0.15) is 10.2 Å². The molecule has 2 heterocycles. The van der Waals surface area contributed by atoms with Gasteiger partial charge in [-0.3, -0.25) is 4.68 Å². The lowest BCUT2D eigenvalue weighted by molar-refractivity contribution is 0.658. The van der Waals surface area contributed by atoms with E-state index in [0.717, 1.165) is 28.2 Å². The van der Waals surface area contributed by atoms with E-state index in [1.165, 1.54) is 0 Å². The highest BCUT2D eigenvalue weighted by Crippen LogP contribution is 2.14. The number of aryl methyl sites for hydroxylation is 1. The molecule has 21 heavy (non-hydrogen) atoms. The second kappa shape index (κ2) is 5.54. The smallest absolute Gasteiger partial charge is 0.0693 e. The number of hydrogen-bond donors (Lipinski definition) is 1. The van der Waals surface area contributed by atoms with Crippen molar-refractivity contribution in [3.8, 4) is 5.69 Å². The van der Waals surface area contributed by atoms with Crippen LogP contribution in [0.5, 0.6) is 0 Å². The van der Waals surface area contributed by atoms with Crippen molar-refractivity contribution in [2.45, 2.75) is 26.9 Å². The number of para-hydroxylation sites is 1. The number of hydrogen-bond acceptors (Lipinski definition) is 3. The van der Waals surface area contributed by atoms with E-state index in [0.29, 0.717) is 13.1 Å². The highest BCUT2D eigenvalue weighted by atomic mass is 15.3. The molecule has 5 heteroatoms. The lowest BCUT2D eigenvalue weighted by Crippen LogP contribution is -2.05. The summed E-state index contributed by atoms with van der Waals surface area (Å²) in [6.07, 6.45) is 3.92. The summed E-state index contributed by atoms with van der Waals surface area (Å²) in [5, 5.41) is 8.97. The van der Waals surface area contributed by atoms with Crippen LogP contribution in [0.4, 0.5) is 0 Å². The Labute approximate surface area is 124 Å². The molecule has 0 spiro atoms. The van der Waals surface area contributed by atoms with Crippen LogP contribution in [-0.2, 0) is 13.1 Å². The van der Waals surface area contributed by atoms with Crippen molar-refractivity contribution in [3.63, 3.8) is 0 Å². The number of rotatable bonds is 4. The largest absolute Gasteiger partial charge is 0.326 e. The minimum Gasteiger partial charge on any atom is -0.326 e. The van der Waals surface area contributed by atoms with E-state index in [-0.39, 0.29) is 0 Å². The maximum atomic E-state index is 5.77. The molecule has 2 N–H and O–H groups in total. The molecule has 0 amide bonds. The Balaban J connectivity index is 1.85. The molecule has 0 unspecified atom stereocenters. The first kappa shape index (κ1) is 13.6. The number of nitrogens with zero attached hydrogens (tertiary/aromatic N) is 4. The number of benzene rings is 1. The van der Waals surface area contributed by atoms with Crippen LogP contribution in [0.1, 0.15) is 22.5 Å². The SMILES string of the molecule is Cc1nn(Cc2cnn(-c3ccccc3)c2)c(C)c1CN. The molecule has 0 radical (unpaired) electrons. The first-order chi connectivity index (χ1) is 10.2. The second-order valence-electron chi connectivity index (χ2n) is 5.14. The number of nitrogens with two attached hydrogens (primary N) is 1. The van der Waals surface area contributed by atoms with E-state index < -0.39 is 0 Å². The van der Waals surface area contributed by atoms with Gasteiger partial charge in [-0.15, -0.1) is 0 Å². The minimum absolute atomic E-state index is 0.529. The summed E-state index contributed by atoms with van der Waals surface area (Å²) in [6.45, 7) is 5.29. The van der Waals surface area contributed by atoms with E-state index in [2.05, 4.69) is 17.1 Å². The summed E-state index contributed by atoms with van der Waals surface area (Å²) in [5.74, 6) is 0. The standard InChI is InChI=1S/C16H19N5/c1-12-16(8-17)13(2)20(19-12)10-14-9-18-21(11-14)15-6-4-3-5-7-15/h3-7,9,11H,8,10,17H2,1-2H3. The third-order valence-electron chi connectivity index (χ3n) is 3.72. The molecule has 2 aromatic heterocycles. The summed E-state index contributed by atoms with van der Waals surface area (Å²) in [6, 6.07) is 10.1. The van der Waals surface area contributed by atoms with Gasteiger partial charge in [0.1, 0.15) is 0 Å². The van der Waals surface area contributed by atoms with Crippen molar-refractivity contribution in [2.24, 2.45) is 5.73 Å². The molecule has 1 aromatic carbocycles. The van der Waals surface area contributed by atoms with Crippen molar-refractivity contribution in [2.75, 3.05) is 0 Å². The fraction of sp³-hybridized carbons (Fsp3) is 0.250. The molecular weight excluding hydrogens is 262 g/mol. The Morgan fingerprint density at radius 2 is 1.90 bits per heavy atom. The Morgan fingerprint density at radius 1 is 1.14 bits per heavy atom. The van der Waals surface area contributed by atoms with Gasteiger partial charge in [-0.25, -0.2) is 4.68 Å². The third kappa shape index (κ3) is 2.60. The molecule has 0 atom stereocenters. The molecule has 108 valence electrons. The molecule has 0 aliphatic heterocycles. The van der Waals surface area contributed by atoms with Gasteiger partial charge in [0.05, 0.1) is 24.1 Å². The monoisotopic (exact) mass is 281 g/mol. The fourth-order valence-corrected chi connectivity index (χ4v) is 2.52. The van der Waals surface area contributed by atoms with Crippen LogP contribution < -0.4 is 5.73 Å². The van der Waals surface area contributed by atoms with E-state index >= 15 is 0 Å². The summed E-state index contributed by atoms with van der Waals surface area (Å²) in [4.78, 5) is 0. The maximum absolute atomic E-state index is 5.77. The van der Waals surface area contributed by atoms with Gasteiger partial charge in [-0.1, -0.05) is 18.2 Å². The zero-order valence-corrected chi connectivity index (χ0v) is 12.3. The molecule has 3 aromatic rings. The van der Waals surface area contributed by atoms with Gasteiger partial charge >= 0.3 is 0 Å². The molecule has 0 aliphatic carbocycles. The minimum atomic E-state index is 0.529. The predicted molar refractivity (Wildman–Crippen MR) is 82.3 cm³/mol. The molecule has 3 rings (SSSR count). The van der Waals surface area contributed by atoms with Gasteiger partial charge in [0.25, 0.3) is 0 Å². The predicted octanol–water partition coefficient (Wildman–Crippen LogP) is 2.19. The quantitative estimate of drug-likeness (QED) is 0.797. The molecular formula is C16H19N5. The Hall–Kier alpha value is -2.40. The highest BCUT2D eigenvalue weighted by molar-refractivity contribution is 5.31. The van der Waals surface area contributed by atoms with Crippen LogP contribution >= 0.6 is 0 Å². The number of aromatic nitrogens is 4. The zero-order valence-electron chi connectivity index (χ0n) is 12.3. The van der Waals surface area contributed by atoms with Crippen molar-refractivity contribution < 1.29 is 0 Å². The van der Waals surface area contributed by atoms with Crippen LogP contribution in [0.15, 0.2) is 42.7 Å². The molecule has 0 aliphatic rings. The summed E-state index contributed by atoms with van der Waals surface area (Å²) in [7, 11) is 0. The Morgan fingerprint density at radius 3 is 2.57 bits per heavy atom. The van der Waals surface area contributed by atoms with Gasteiger partial charge < -0.3 is 5.73 Å². The van der Waals surface area contributed by atoms with Crippen LogP contribution in [0, 0.1) is 13.8 Å². The second-order valence-corrected chi connectivity index (χ2v) is 5.14. The van der Waals surface area contributed by atoms with Crippen molar-refractivity contribution >= 4 is 0 Å². The van der Waals surface area contributed by atoms with E-state index in [4.69, 9.17) is 5.73 Å². The summed E-state index contributed by atoms with van der Waals surface area (Å²) < 4.78 is 3.87. The average molecular weight is 281 g/mol. The highest BCUT2D eigenvalue weighted by Gasteiger charge is 2.11. The van der Waals surface area contributed by atoms with Crippen LogP contribution in [0.25, 0.3) is 5.69 Å². The Bertz CT molecular complexity index is 739. The Kier molecular flexibility index (Phi) is 3.58. The fourth-order valence-electron chi connectivity index (χ4n) is 2.52. The van der Waals surface area contributed by atoms with E-state index in [9.17, 15) is 0 Å². The van der Waals surface area contributed by atoms with Gasteiger partial charge in [0.2, 0.25) is 0 Å². The van der Waals surface area contributed by atoms with E-state index in [1.54, 1.807) is 0 Å². The van der Waals surface area contributed by atoms with Gasteiger partial charge in [0.15, 0.2) is 0 Å². The van der Waals surface area contributed by atoms with Crippen molar-refractivity contribution in [3.05, 3.63) is 65.2 Å². The lowest BCUT2D eigenvalue weighted by Gasteiger charge is -2.03. The summed E-state index contributed by atoms with van der Waals surface area (Å²) >= 11 is 0. The van der Waals surface area contributed by atoms with Crippen LogP contribution in [0.2, 0.25) is 0 Å². The first-order valence-corrected chi connectivity index (χ1v) is 7.01. The van der Waals surface area contributed by atoms with Crippen molar-refractivity contribution in [1.82, 2.24) is 19.6 Å². The van der Waals surface area contributed by atoms with Crippen LogP contribution in [-0.4, -0.2) is 19.6 Å². The van der Waals surface area contributed by atoms with Crippen LogP contribution in [0.3, 0.4) is 0 Å². The molecule has 0 saturated heterocycles. The molecule has 0 saturated carbocycles. The topological polar surface area (TPSA) is 61.7 Å². The maximum Gasteiger partial charge on any atom is 0.0693 e. The third-order valence-corrected chi connectivity index (χ3v) is 3.72. The first-order valence-electron chi connectivity index (χ1n) is 7.01. The van der Waals surface area contributed by atoms with E-state index in [1.807, 2.05) is 59.0 Å². The molecule has 0 fully saturated rings. The molecule has 5 nitrogen and oxygen atoms in total. The molecule has 0 bridgehead atoms.